The Morgan fingerprint density at radius 2 is 2.08 bits per heavy atom. The Kier molecular flexibility index (Phi) is 3.75. The van der Waals surface area contributed by atoms with Crippen LogP contribution >= 0.6 is 0 Å². The van der Waals surface area contributed by atoms with E-state index >= 15 is 0 Å². The number of rotatable bonds is 3. The Labute approximate surface area is 78.4 Å². The van der Waals surface area contributed by atoms with Crippen molar-refractivity contribution in [2.24, 2.45) is 11.8 Å². The van der Waals surface area contributed by atoms with Crippen molar-refractivity contribution in [3.05, 3.63) is 0 Å². The standard InChI is InChI=1S/C10H15NO2/c11-7-6-9(10(12)13)8-4-2-1-3-5-8/h8-9H,1-6H2,(H,12,13). The van der Waals surface area contributed by atoms with Crippen LogP contribution in [-0.4, -0.2) is 11.1 Å². The number of carboxylic acid groups (broad SMARTS) is 1. The minimum atomic E-state index is -0.798. The average Bonchev–Trinajstić information content (AvgIpc) is 2.15. The molecule has 1 unspecified atom stereocenters. The van der Waals surface area contributed by atoms with Gasteiger partial charge in [-0.05, 0) is 18.8 Å². The quantitative estimate of drug-likeness (QED) is 0.725. The van der Waals surface area contributed by atoms with Crippen molar-refractivity contribution in [1.82, 2.24) is 0 Å². The Bertz CT molecular complexity index is 213. The van der Waals surface area contributed by atoms with Crippen LogP contribution in [-0.2, 0) is 4.79 Å². The first-order chi connectivity index (χ1) is 6.25. The summed E-state index contributed by atoms with van der Waals surface area (Å²) in [6.45, 7) is 0. The first-order valence-corrected chi connectivity index (χ1v) is 4.85. The lowest BCUT2D eigenvalue weighted by Crippen LogP contribution is -2.25. The van der Waals surface area contributed by atoms with Gasteiger partial charge in [0.1, 0.15) is 0 Å². The molecule has 0 saturated heterocycles. The van der Waals surface area contributed by atoms with Crippen molar-refractivity contribution in [3.8, 4) is 6.07 Å². The monoisotopic (exact) mass is 181 g/mol. The van der Waals surface area contributed by atoms with E-state index in [0.29, 0.717) is 0 Å². The van der Waals surface area contributed by atoms with Crippen LogP contribution in [0.3, 0.4) is 0 Å². The highest BCUT2D eigenvalue weighted by atomic mass is 16.4. The van der Waals surface area contributed by atoms with E-state index in [0.717, 1.165) is 25.7 Å². The fraction of sp³-hybridized carbons (Fsp3) is 0.800. The summed E-state index contributed by atoms with van der Waals surface area (Å²) in [5.41, 5.74) is 0. The number of nitriles is 1. The summed E-state index contributed by atoms with van der Waals surface area (Å²) in [5, 5.41) is 17.4. The minimum absolute atomic E-state index is 0.167. The number of carboxylic acids is 1. The molecule has 0 spiro atoms. The van der Waals surface area contributed by atoms with Crippen LogP contribution in [0.25, 0.3) is 0 Å². The van der Waals surface area contributed by atoms with E-state index < -0.39 is 11.9 Å². The summed E-state index contributed by atoms with van der Waals surface area (Å²) < 4.78 is 0. The molecule has 0 aromatic rings. The smallest absolute Gasteiger partial charge is 0.307 e. The second-order valence-electron chi connectivity index (χ2n) is 3.71. The van der Waals surface area contributed by atoms with E-state index in [4.69, 9.17) is 10.4 Å². The van der Waals surface area contributed by atoms with Gasteiger partial charge in [-0.2, -0.15) is 5.26 Å². The van der Waals surface area contributed by atoms with Gasteiger partial charge in [0, 0.05) is 6.42 Å². The molecule has 13 heavy (non-hydrogen) atoms. The molecule has 1 aliphatic carbocycles. The van der Waals surface area contributed by atoms with Crippen molar-refractivity contribution < 1.29 is 9.90 Å². The second-order valence-corrected chi connectivity index (χ2v) is 3.71. The van der Waals surface area contributed by atoms with Crippen molar-refractivity contribution in [3.63, 3.8) is 0 Å². The first-order valence-electron chi connectivity index (χ1n) is 4.85. The van der Waals surface area contributed by atoms with Crippen LogP contribution < -0.4 is 0 Å². The number of carbonyl (C=O) groups is 1. The van der Waals surface area contributed by atoms with Gasteiger partial charge in [0.2, 0.25) is 0 Å². The van der Waals surface area contributed by atoms with Gasteiger partial charge in [-0.25, -0.2) is 0 Å². The van der Waals surface area contributed by atoms with Crippen LogP contribution in [0.5, 0.6) is 0 Å². The molecule has 3 nitrogen and oxygen atoms in total. The van der Waals surface area contributed by atoms with Gasteiger partial charge in [-0.3, -0.25) is 4.79 Å². The fourth-order valence-electron chi connectivity index (χ4n) is 2.09. The molecule has 3 heteroatoms. The van der Waals surface area contributed by atoms with Crippen molar-refractivity contribution in [2.75, 3.05) is 0 Å². The SMILES string of the molecule is N#CCC(C(=O)O)C1CCCCC1. The zero-order valence-corrected chi connectivity index (χ0v) is 7.70. The number of hydrogen-bond acceptors (Lipinski definition) is 2. The number of hydrogen-bond donors (Lipinski definition) is 1. The molecule has 1 aliphatic rings. The fourth-order valence-corrected chi connectivity index (χ4v) is 2.09. The summed E-state index contributed by atoms with van der Waals surface area (Å²) in [5.74, 6) is -0.982. The molecular weight excluding hydrogens is 166 g/mol. The lowest BCUT2D eigenvalue weighted by Gasteiger charge is -2.25. The van der Waals surface area contributed by atoms with Crippen molar-refractivity contribution >= 4 is 5.97 Å². The van der Waals surface area contributed by atoms with Crippen molar-refractivity contribution in [1.29, 1.82) is 5.26 Å². The summed E-state index contributed by atoms with van der Waals surface area (Å²) >= 11 is 0. The van der Waals surface area contributed by atoms with E-state index in [9.17, 15) is 4.79 Å². The Morgan fingerprint density at radius 3 is 2.54 bits per heavy atom. The summed E-state index contributed by atoms with van der Waals surface area (Å²) in [7, 11) is 0. The predicted octanol–water partition coefficient (Wildman–Crippen LogP) is 2.18. The molecule has 1 fully saturated rings. The zero-order chi connectivity index (χ0) is 9.68. The molecule has 0 aliphatic heterocycles. The lowest BCUT2D eigenvalue weighted by molar-refractivity contribution is -0.144. The van der Waals surface area contributed by atoms with Gasteiger partial charge in [-0.15, -0.1) is 0 Å². The zero-order valence-electron chi connectivity index (χ0n) is 7.70. The Morgan fingerprint density at radius 1 is 1.46 bits per heavy atom. The third kappa shape index (κ3) is 2.73. The van der Waals surface area contributed by atoms with Crippen LogP contribution in [0.2, 0.25) is 0 Å². The molecule has 0 amide bonds. The Balaban J connectivity index is 2.52. The van der Waals surface area contributed by atoms with Crippen LogP contribution in [0.1, 0.15) is 38.5 Å². The molecule has 0 aromatic carbocycles. The van der Waals surface area contributed by atoms with Gasteiger partial charge < -0.3 is 5.11 Å². The molecular formula is C10H15NO2. The largest absolute Gasteiger partial charge is 0.481 e. The maximum absolute atomic E-state index is 10.8. The molecule has 0 aromatic heterocycles. The van der Waals surface area contributed by atoms with Crippen LogP contribution in [0.15, 0.2) is 0 Å². The molecule has 1 atom stereocenters. The first kappa shape index (κ1) is 10.0. The molecule has 0 heterocycles. The number of nitrogens with zero attached hydrogens (tertiary/aromatic N) is 1. The molecule has 0 radical (unpaired) electrons. The van der Waals surface area contributed by atoms with Gasteiger partial charge >= 0.3 is 5.97 Å². The van der Waals surface area contributed by atoms with Crippen LogP contribution in [0, 0.1) is 23.2 Å². The van der Waals surface area contributed by atoms with Crippen LogP contribution in [0.4, 0.5) is 0 Å². The van der Waals surface area contributed by atoms with E-state index in [1.54, 1.807) is 0 Å². The van der Waals surface area contributed by atoms with E-state index in [1.165, 1.54) is 6.42 Å². The summed E-state index contributed by atoms with van der Waals surface area (Å²) in [6, 6.07) is 1.97. The predicted molar refractivity (Wildman–Crippen MR) is 47.9 cm³/mol. The maximum Gasteiger partial charge on any atom is 0.307 e. The number of aliphatic carboxylic acids is 1. The van der Waals surface area contributed by atoms with E-state index in [2.05, 4.69) is 0 Å². The second kappa shape index (κ2) is 4.86. The van der Waals surface area contributed by atoms with Gasteiger partial charge in [0.05, 0.1) is 12.0 Å². The third-order valence-electron chi connectivity index (χ3n) is 2.85. The summed E-state index contributed by atoms with van der Waals surface area (Å²) in [4.78, 5) is 10.8. The maximum atomic E-state index is 10.8. The summed E-state index contributed by atoms with van der Waals surface area (Å²) in [6.07, 6.45) is 5.60. The van der Waals surface area contributed by atoms with Gasteiger partial charge in [0.25, 0.3) is 0 Å². The minimum Gasteiger partial charge on any atom is -0.481 e. The molecule has 1 saturated carbocycles. The highest BCUT2D eigenvalue weighted by molar-refractivity contribution is 5.70. The van der Waals surface area contributed by atoms with Gasteiger partial charge in [-0.1, -0.05) is 19.3 Å². The molecule has 72 valence electrons. The Hall–Kier alpha value is -1.04. The third-order valence-corrected chi connectivity index (χ3v) is 2.85. The average molecular weight is 181 g/mol. The highest BCUT2D eigenvalue weighted by Crippen LogP contribution is 2.31. The van der Waals surface area contributed by atoms with Gasteiger partial charge in [0.15, 0.2) is 0 Å². The van der Waals surface area contributed by atoms with E-state index in [-0.39, 0.29) is 12.3 Å². The topological polar surface area (TPSA) is 61.1 Å². The molecule has 0 bridgehead atoms. The highest BCUT2D eigenvalue weighted by Gasteiger charge is 2.28. The normalized spacial score (nSPS) is 20.5. The van der Waals surface area contributed by atoms with Crippen molar-refractivity contribution in [2.45, 2.75) is 38.5 Å². The molecule has 1 N–H and O–H groups in total. The lowest BCUT2D eigenvalue weighted by atomic mass is 9.79. The molecule has 1 rings (SSSR count). The van der Waals surface area contributed by atoms with E-state index in [1.807, 2.05) is 6.07 Å².